The van der Waals surface area contributed by atoms with Gasteiger partial charge in [0.2, 0.25) is 5.91 Å². The summed E-state index contributed by atoms with van der Waals surface area (Å²) >= 11 is 0. The lowest BCUT2D eigenvalue weighted by atomic mass is 10.1. The van der Waals surface area contributed by atoms with E-state index in [9.17, 15) is 4.79 Å². The van der Waals surface area contributed by atoms with Crippen LogP contribution in [-0.4, -0.2) is 33.8 Å². The van der Waals surface area contributed by atoms with Crippen LogP contribution in [0.3, 0.4) is 0 Å². The van der Waals surface area contributed by atoms with E-state index < -0.39 is 0 Å². The number of nitrogens with zero attached hydrogens (tertiary/aromatic N) is 3. The van der Waals surface area contributed by atoms with Crippen molar-refractivity contribution in [3.05, 3.63) is 41.5 Å². The number of ether oxygens (including phenoxy) is 1. The first kappa shape index (κ1) is 18.4. The van der Waals surface area contributed by atoms with E-state index >= 15 is 0 Å². The summed E-state index contributed by atoms with van der Waals surface area (Å²) in [7, 11) is 0. The van der Waals surface area contributed by atoms with Crippen LogP contribution in [0.2, 0.25) is 0 Å². The molecule has 0 atom stereocenters. The van der Waals surface area contributed by atoms with Crippen LogP contribution in [0.4, 0.5) is 0 Å². The number of fused-ring (bicyclic) bond motifs is 1. The quantitative estimate of drug-likeness (QED) is 0.789. The molecular formula is C20H28N4O2. The van der Waals surface area contributed by atoms with Crippen LogP contribution in [0, 0.1) is 0 Å². The summed E-state index contributed by atoms with van der Waals surface area (Å²) in [6.45, 7) is 4.20. The Morgan fingerprint density at radius 2 is 2.08 bits per heavy atom. The van der Waals surface area contributed by atoms with Crippen LogP contribution in [0.5, 0.6) is 5.75 Å². The summed E-state index contributed by atoms with van der Waals surface area (Å²) in [5.41, 5.74) is 1.08. The molecule has 3 rings (SSSR count). The fourth-order valence-electron chi connectivity index (χ4n) is 3.39. The zero-order valence-corrected chi connectivity index (χ0v) is 15.5. The number of aromatic nitrogens is 3. The van der Waals surface area contributed by atoms with Crippen molar-refractivity contribution in [2.75, 3.05) is 13.2 Å². The third-order valence-corrected chi connectivity index (χ3v) is 4.75. The first-order valence-corrected chi connectivity index (χ1v) is 9.66. The largest absolute Gasteiger partial charge is 0.494 e. The predicted octanol–water partition coefficient (Wildman–Crippen LogP) is 2.69. The Hall–Kier alpha value is -2.37. The molecule has 1 aromatic heterocycles. The van der Waals surface area contributed by atoms with E-state index in [1.54, 1.807) is 0 Å². The molecular weight excluding hydrogens is 328 g/mol. The first-order valence-electron chi connectivity index (χ1n) is 9.66. The fraction of sp³-hybridized carbons (Fsp3) is 0.550. The van der Waals surface area contributed by atoms with E-state index in [1.165, 1.54) is 19.3 Å². The van der Waals surface area contributed by atoms with Crippen molar-refractivity contribution in [2.45, 2.75) is 58.4 Å². The maximum atomic E-state index is 12.2. The Balaban J connectivity index is 1.44. The average Bonchev–Trinajstić information content (AvgIpc) is 2.88. The molecule has 0 saturated heterocycles. The summed E-state index contributed by atoms with van der Waals surface area (Å²) in [4.78, 5) is 12.2. The molecule has 0 aliphatic carbocycles. The van der Waals surface area contributed by atoms with Crippen LogP contribution in [0.1, 0.15) is 49.8 Å². The van der Waals surface area contributed by atoms with E-state index in [0.717, 1.165) is 42.3 Å². The van der Waals surface area contributed by atoms with Gasteiger partial charge in [-0.1, -0.05) is 24.6 Å². The molecule has 0 fully saturated rings. The summed E-state index contributed by atoms with van der Waals surface area (Å²) in [5.74, 6) is 3.01. The van der Waals surface area contributed by atoms with Gasteiger partial charge in [0, 0.05) is 32.4 Å². The Morgan fingerprint density at radius 1 is 1.19 bits per heavy atom. The molecule has 26 heavy (non-hydrogen) atoms. The lowest BCUT2D eigenvalue weighted by Crippen LogP contribution is -2.26. The fourth-order valence-corrected chi connectivity index (χ4v) is 3.39. The summed E-state index contributed by atoms with van der Waals surface area (Å²) < 4.78 is 7.85. The molecule has 1 amide bonds. The van der Waals surface area contributed by atoms with E-state index in [2.05, 4.69) is 20.1 Å². The van der Waals surface area contributed by atoms with E-state index in [0.29, 0.717) is 26.0 Å². The molecule has 1 aromatic carbocycles. The molecule has 2 aromatic rings. The number of aryl methyl sites for hydroxylation is 2. The minimum absolute atomic E-state index is 0.0620. The number of carbonyl (C=O) groups excluding carboxylic acids is 1. The Labute approximate surface area is 155 Å². The number of rotatable bonds is 8. The van der Waals surface area contributed by atoms with Crippen molar-refractivity contribution >= 4 is 5.91 Å². The normalized spacial score (nSPS) is 13.7. The Morgan fingerprint density at radius 3 is 2.96 bits per heavy atom. The van der Waals surface area contributed by atoms with Gasteiger partial charge in [-0.05, 0) is 37.8 Å². The van der Waals surface area contributed by atoms with Crippen LogP contribution >= 0.6 is 0 Å². The van der Waals surface area contributed by atoms with Gasteiger partial charge >= 0.3 is 0 Å². The topological polar surface area (TPSA) is 69.0 Å². The van der Waals surface area contributed by atoms with E-state index in [-0.39, 0.29) is 5.91 Å². The van der Waals surface area contributed by atoms with E-state index in [4.69, 9.17) is 4.74 Å². The van der Waals surface area contributed by atoms with Gasteiger partial charge in [0.05, 0.1) is 6.61 Å². The molecule has 0 unspecified atom stereocenters. The minimum atomic E-state index is 0.0620. The molecule has 6 heteroatoms. The Bertz CT molecular complexity index is 726. The average molecular weight is 356 g/mol. The maximum Gasteiger partial charge on any atom is 0.220 e. The summed E-state index contributed by atoms with van der Waals surface area (Å²) in [6.07, 6.45) is 6.52. The number of hydrogen-bond acceptors (Lipinski definition) is 4. The van der Waals surface area contributed by atoms with E-state index in [1.807, 2.05) is 31.2 Å². The molecule has 6 nitrogen and oxygen atoms in total. The van der Waals surface area contributed by atoms with Crippen molar-refractivity contribution < 1.29 is 9.53 Å². The van der Waals surface area contributed by atoms with Gasteiger partial charge in [-0.25, -0.2) is 0 Å². The zero-order chi connectivity index (χ0) is 18.2. The summed E-state index contributed by atoms with van der Waals surface area (Å²) in [5, 5.41) is 11.6. The van der Waals surface area contributed by atoms with Crippen molar-refractivity contribution in [3.8, 4) is 5.75 Å². The van der Waals surface area contributed by atoms with Crippen LogP contribution in [-0.2, 0) is 30.6 Å². The number of benzene rings is 1. The second-order valence-corrected chi connectivity index (χ2v) is 6.64. The van der Waals surface area contributed by atoms with Gasteiger partial charge in [0.15, 0.2) is 0 Å². The minimum Gasteiger partial charge on any atom is -0.494 e. The van der Waals surface area contributed by atoms with Crippen molar-refractivity contribution in [3.63, 3.8) is 0 Å². The molecule has 0 bridgehead atoms. The SMILES string of the molecule is CCOc1ccccc1CCC(=O)NCCc1nnc2n1CCCCC2. The van der Waals surface area contributed by atoms with Gasteiger partial charge in [0.1, 0.15) is 17.4 Å². The highest BCUT2D eigenvalue weighted by Gasteiger charge is 2.14. The highest BCUT2D eigenvalue weighted by molar-refractivity contribution is 5.76. The second kappa shape index (κ2) is 9.36. The molecule has 0 saturated carbocycles. The van der Waals surface area contributed by atoms with Gasteiger partial charge in [-0.2, -0.15) is 0 Å². The predicted molar refractivity (Wildman–Crippen MR) is 100 cm³/mol. The number of carbonyl (C=O) groups is 1. The smallest absolute Gasteiger partial charge is 0.220 e. The van der Waals surface area contributed by atoms with Gasteiger partial charge in [-0.3, -0.25) is 4.79 Å². The van der Waals surface area contributed by atoms with Crippen molar-refractivity contribution in [1.29, 1.82) is 0 Å². The Kier molecular flexibility index (Phi) is 6.63. The lowest BCUT2D eigenvalue weighted by Gasteiger charge is -2.10. The van der Waals surface area contributed by atoms with Crippen molar-refractivity contribution in [1.82, 2.24) is 20.1 Å². The third kappa shape index (κ3) is 4.84. The highest BCUT2D eigenvalue weighted by atomic mass is 16.5. The molecule has 0 radical (unpaired) electrons. The van der Waals surface area contributed by atoms with Crippen LogP contribution in [0.15, 0.2) is 24.3 Å². The molecule has 2 heterocycles. The molecule has 1 aliphatic rings. The molecule has 140 valence electrons. The van der Waals surface area contributed by atoms with Gasteiger partial charge in [-0.15, -0.1) is 10.2 Å². The maximum absolute atomic E-state index is 12.2. The summed E-state index contributed by atoms with van der Waals surface area (Å²) in [6, 6.07) is 7.90. The second-order valence-electron chi connectivity index (χ2n) is 6.64. The number of hydrogen-bond donors (Lipinski definition) is 1. The van der Waals surface area contributed by atoms with Gasteiger partial charge in [0.25, 0.3) is 0 Å². The number of amides is 1. The monoisotopic (exact) mass is 356 g/mol. The van der Waals surface area contributed by atoms with Crippen LogP contribution in [0.25, 0.3) is 0 Å². The molecule has 1 aliphatic heterocycles. The standard InChI is InChI=1S/C20H28N4O2/c1-2-26-17-9-6-5-8-16(17)11-12-20(25)21-14-13-19-23-22-18-10-4-3-7-15-24(18)19/h5-6,8-9H,2-4,7,10-15H2,1H3,(H,21,25). The van der Waals surface area contributed by atoms with Crippen LogP contribution < -0.4 is 10.1 Å². The molecule has 1 N–H and O–H groups in total. The number of nitrogens with one attached hydrogen (secondary N) is 1. The third-order valence-electron chi connectivity index (χ3n) is 4.75. The first-order chi connectivity index (χ1) is 12.8. The zero-order valence-electron chi connectivity index (χ0n) is 15.5. The van der Waals surface area contributed by atoms with Crippen molar-refractivity contribution in [2.24, 2.45) is 0 Å². The van der Waals surface area contributed by atoms with Gasteiger partial charge < -0.3 is 14.6 Å². The number of para-hydroxylation sites is 1. The molecule has 0 spiro atoms. The highest BCUT2D eigenvalue weighted by Crippen LogP contribution is 2.19. The lowest BCUT2D eigenvalue weighted by molar-refractivity contribution is -0.121.